The second-order valence-electron chi connectivity index (χ2n) is 4.31. The van der Waals surface area contributed by atoms with Crippen molar-refractivity contribution in [2.24, 2.45) is 0 Å². The van der Waals surface area contributed by atoms with Gasteiger partial charge in [-0.2, -0.15) is 0 Å². The fraction of sp³-hybridized carbons (Fsp3) is 0.333. The van der Waals surface area contributed by atoms with Crippen LogP contribution in [0.25, 0.3) is 0 Å². The van der Waals surface area contributed by atoms with Gasteiger partial charge in [-0.15, -0.1) is 0 Å². The van der Waals surface area contributed by atoms with Crippen molar-refractivity contribution in [1.82, 2.24) is 5.32 Å². The Morgan fingerprint density at radius 2 is 1.94 bits per heavy atom. The molecule has 96 valence electrons. The van der Waals surface area contributed by atoms with E-state index in [1.165, 1.54) is 0 Å². The van der Waals surface area contributed by atoms with Gasteiger partial charge in [0.2, 0.25) is 0 Å². The highest BCUT2D eigenvalue weighted by Crippen LogP contribution is 2.23. The topological polar surface area (TPSA) is 45.4 Å². The van der Waals surface area contributed by atoms with E-state index in [0.717, 1.165) is 17.7 Å². The average molecular weight is 245 g/mol. The first-order chi connectivity index (χ1) is 8.85. The van der Waals surface area contributed by atoms with Crippen LogP contribution in [0.1, 0.15) is 30.7 Å². The zero-order valence-corrected chi connectivity index (χ0v) is 10.5. The first-order valence-electron chi connectivity index (χ1n) is 6.30. The lowest BCUT2D eigenvalue weighted by Crippen LogP contribution is -2.35. The van der Waals surface area contributed by atoms with Crippen LogP contribution >= 0.6 is 0 Å². The molecule has 0 fully saturated rings. The van der Waals surface area contributed by atoms with E-state index in [0.29, 0.717) is 0 Å². The number of hydrogen-bond acceptors (Lipinski definition) is 3. The normalized spacial score (nSPS) is 14.3. The Balaban J connectivity index is 2.24. The Labute approximate surface area is 107 Å². The fourth-order valence-corrected chi connectivity index (χ4v) is 1.98. The van der Waals surface area contributed by atoms with Gasteiger partial charge in [0.05, 0.1) is 18.9 Å². The zero-order chi connectivity index (χ0) is 12.8. The summed E-state index contributed by atoms with van der Waals surface area (Å²) in [4.78, 5) is 0. The maximum absolute atomic E-state index is 9.33. The Hall–Kier alpha value is -1.58. The smallest absolute Gasteiger partial charge is 0.125 e. The van der Waals surface area contributed by atoms with Crippen LogP contribution in [0.15, 0.2) is 53.1 Å². The molecule has 2 aromatic rings. The number of hydrogen-bond donors (Lipinski definition) is 2. The summed E-state index contributed by atoms with van der Waals surface area (Å²) in [6, 6.07) is 14.0. The number of nitrogens with one attached hydrogen (secondary N) is 1. The van der Waals surface area contributed by atoms with E-state index in [2.05, 4.69) is 24.4 Å². The molecule has 1 aromatic carbocycles. The highest BCUT2D eigenvalue weighted by molar-refractivity contribution is 5.26. The molecule has 2 rings (SSSR count). The second kappa shape index (κ2) is 6.38. The zero-order valence-electron chi connectivity index (χ0n) is 10.5. The third kappa shape index (κ3) is 3.00. The molecule has 0 aliphatic heterocycles. The van der Waals surface area contributed by atoms with Crippen molar-refractivity contribution in [2.45, 2.75) is 25.4 Å². The molecule has 18 heavy (non-hydrogen) atoms. The first-order valence-corrected chi connectivity index (χ1v) is 6.30. The van der Waals surface area contributed by atoms with Gasteiger partial charge in [-0.3, -0.25) is 5.32 Å². The summed E-state index contributed by atoms with van der Waals surface area (Å²) in [7, 11) is 0. The van der Waals surface area contributed by atoms with Crippen LogP contribution in [0.2, 0.25) is 0 Å². The summed E-state index contributed by atoms with van der Waals surface area (Å²) in [5, 5.41) is 12.8. The van der Waals surface area contributed by atoms with Crippen molar-refractivity contribution in [3.63, 3.8) is 0 Å². The van der Waals surface area contributed by atoms with Gasteiger partial charge in [0, 0.05) is 6.04 Å². The maximum atomic E-state index is 9.33. The number of furan rings is 1. The van der Waals surface area contributed by atoms with E-state index in [4.69, 9.17) is 4.42 Å². The molecule has 1 unspecified atom stereocenters. The standard InChI is InChI=1S/C15H19NO2/c1-2-13(11-17)16-15(14-9-6-10-18-14)12-7-4-3-5-8-12/h3-10,13,15-17H,2,11H2,1H3/t13-,15?/m1/s1. The quantitative estimate of drug-likeness (QED) is 0.822. The van der Waals surface area contributed by atoms with Crippen LogP contribution in [0.3, 0.4) is 0 Å². The van der Waals surface area contributed by atoms with E-state index in [-0.39, 0.29) is 18.7 Å². The number of rotatable bonds is 6. The Morgan fingerprint density at radius 3 is 2.50 bits per heavy atom. The van der Waals surface area contributed by atoms with E-state index in [1.54, 1.807) is 6.26 Å². The van der Waals surface area contributed by atoms with E-state index >= 15 is 0 Å². The van der Waals surface area contributed by atoms with Crippen molar-refractivity contribution in [3.05, 3.63) is 60.1 Å². The second-order valence-corrected chi connectivity index (χ2v) is 4.31. The molecule has 0 aliphatic rings. The summed E-state index contributed by atoms with van der Waals surface area (Å²) in [5.74, 6) is 0.869. The molecular formula is C15H19NO2. The van der Waals surface area contributed by atoms with Crippen molar-refractivity contribution in [1.29, 1.82) is 0 Å². The highest BCUT2D eigenvalue weighted by atomic mass is 16.3. The van der Waals surface area contributed by atoms with Crippen LogP contribution in [0.4, 0.5) is 0 Å². The number of aliphatic hydroxyl groups is 1. The van der Waals surface area contributed by atoms with Gasteiger partial charge >= 0.3 is 0 Å². The predicted molar refractivity (Wildman–Crippen MR) is 71.3 cm³/mol. The van der Waals surface area contributed by atoms with Crippen LogP contribution < -0.4 is 5.32 Å². The van der Waals surface area contributed by atoms with Gasteiger partial charge in [0.1, 0.15) is 5.76 Å². The third-order valence-corrected chi connectivity index (χ3v) is 3.08. The van der Waals surface area contributed by atoms with Gasteiger partial charge in [0.15, 0.2) is 0 Å². The molecule has 0 aliphatic carbocycles. The first kappa shape index (κ1) is 12.9. The number of benzene rings is 1. The van der Waals surface area contributed by atoms with Crippen molar-refractivity contribution < 1.29 is 9.52 Å². The van der Waals surface area contributed by atoms with Crippen molar-refractivity contribution in [2.75, 3.05) is 6.61 Å². The lowest BCUT2D eigenvalue weighted by molar-refractivity contribution is 0.228. The van der Waals surface area contributed by atoms with E-state index in [9.17, 15) is 5.11 Å². The molecule has 2 N–H and O–H groups in total. The van der Waals surface area contributed by atoms with Crippen LogP contribution in [-0.4, -0.2) is 17.8 Å². The van der Waals surface area contributed by atoms with Gasteiger partial charge < -0.3 is 9.52 Å². The minimum absolute atomic E-state index is 0.0155. The lowest BCUT2D eigenvalue weighted by Gasteiger charge is -2.22. The predicted octanol–water partition coefficient (Wildman–Crippen LogP) is 2.73. The van der Waals surface area contributed by atoms with E-state index < -0.39 is 0 Å². The molecule has 1 aromatic heterocycles. The molecule has 2 atom stereocenters. The Kier molecular flexibility index (Phi) is 4.56. The van der Waals surface area contributed by atoms with Crippen LogP contribution in [-0.2, 0) is 0 Å². The van der Waals surface area contributed by atoms with Crippen molar-refractivity contribution in [3.8, 4) is 0 Å². The average Bonchev–Trinajstić information content (AvgIpc) is 2.95. The number of aliphatic hydroxyl groups excluding tert-OH is 1. The van der Waals surface area contributed by atoms with Crippen molar-refractivity contribution >= 4 is 0 Å². The van der Waals surface area contributed by atoms with E-state index in [1.807, 2.05) is 30.3 Å². The maximum Gasteiger partial charge on any atom is 0.125 e. The summed E-state index contributed by atoms with van der Waals surface area (Å²) in [6.07, 6.45) is 2.55. The monoisotopic (exact) mass is 245 g/mol. The molecule has 0 saturated heterocycles. The fourth-order valence-electron chi connectivity index (χ4n) is 1.98. The molecule has 1 heterocycles. The Bertz CT molecular complexity index is 435. The van der Waals surface area contributed by atoms with Crippen LogP contribution in [0.5, 0.6) is 0 Å². The van der Waals surface area contributed by atoms with Gasteiger partial charge in [-0.25, -0.2) is 0 Å². The van der Waals surface area contributed by atoms with Gasteiger partial charge in [-0.05, 0) is 24.1 Å². The molecule has 3 nitrogen and oxygen atoms in total. The third-order valence-electron chi connectivity index (χ3n) is 3.08. The molecule has 0 radical (unpaired) electrons. The molecular weight excluding hydrogens is 226 g/mol. The molecule has 3 heteroatoms. The summed E-state index contributed by atoms with van der Waals surface area (Å²) < 4.78 is 5.50. The minimum atomic E-state index is -0.0155. The summed E-state index contributed by atoms with van der Waals surface area (Å²) in [5.41, 5.74) is 1.14. The van der Waals surface area contributed by atoms with Gasteiger partial charge in [0.25, 0.3) is 0 Å². The summed E-state index contributed by atoms with van der Waals surface area (Å²) in [6.45, 7) is 2.18. The molecule has 0 spiro atoms. The Morgan fingerprint density at radius 1 is 1.17 bits per heavy atom. The molecule has 0 bridgehead atoms. The largest absolute Gasteiger partial charge is 0.467 e. The SMILES string of the molecule is CC[C@H](CO)NC(c1ccccc1)c1ccco1. The lowest BCUT2D eigenvalue weighted by atomic mass is 10.0. The van der Waals surface area contributed by atoms with Crippen LogP contribution in [0, 0.1) is 0 Å². The molecule has 0 saturated carbocycles. The summed E-state index contributed by atoms with van der Waals surface area (Å²) >= 11 is 0. The highest BCUT2D eigenvalue weighted by Gasteiger charge is 2.19. The molecule has 0 amide bonds. The minimum Gasteiger partial charge on any atom is -0.467 e. The van der Waals surface area contributed by atoms with Gasteiger partial charge in [-0.1, -0.05) is 37.3 Å².